The van der Waals surface area contributed by atoms with Crippen molar-refractivity contribution in [1.29, 1.82) is 0 Å². The summed E-state index contributed by atoms with van der Waals surface area (Å²) in [5.74, 6) is -0.0710. The van der Waals surface area contributed by atoms with Crippen LogP contribution in [0.1, 0.15) is 22.7 Å². The van der Waals surface area contributed by atoms with Crippen LogP contribution in [-0.2, 0) is 17.9 Å². The molecule has 6 nitrogen and oxygen atoms in total. The number of nitrogens with one attached hydrogen (secondary N) is 2. The fraction of sp³-hybridized carbons (Fsp3) is 0.227. The van der Waals surface area contributed by atoms with Gasteiger partial charge in [0.25, 0.3) is 0 Å². The molecule has 0 bridgehead atoms. The lowest BCUT2D eigenvalue weighted by Gasteiger charge is -2.20. The highest BCUT2D eigenvalue weighted by molar-refractivity contribution is 5.83. The molecule has 1 unspecified atom stereocenters. The first-order valence-electron chi connectivity index (χ1n) is 9.19. The zero-order valence-electron chi connectivity index (χ0n) is 16.2. The van der Waals surface area contributed by atoms with Gasteiger partial charge >= 0.3 is 0 Å². The maximum atomic E-state index is 12.9. The van der Waals surface area contributed by atoms with E-state index in [1.54, 1.807) is 24.8 Å². The number of hydrogen-bond donors (Lipinski definition) is 2. The van der Waals surface area contributed by atoms with Gasteiger partial charge in [0, 0.05) is 57.7 Å². The topological polar surface area (TPSA) is 70.2 Å². The van der Waals surface area contributed by atoms with Crippen molar-refractivity contribution < 1.29 is 4.79 Å². The largest absolute Gasteiger partial charge is 0.378 e. The van der Waals surface area contributed by atoms with E-state index in [2.05, 4.69) is 20.6 Å². The summed E-state index contributed by atoms with van der Waals surface area (Å²) in [6.45, 7) is 1.01. The highest BCUT2D eigenvalue weighted by atomic mass is 16.2. The Morgan fingerprint density at radius 2 is 1.68 bits per heavy atom. The molecule has 1 atom stereocenters. The van der Waals surface area contributed by atoms with Gasteiger partial charge in [-0.05, 0) is 47.0 Å². The molecule has 2 aromatic heterocycles. The lowest BCUT2D eigenvalue weighted by molar-refractivity contribution is -0.123. The van der Waals surface area contributed by atoms with Gasteiger partial charge in [-0.1, -0.05) is 18.2 Å². The summed E-state index contributed by atoms with van der Waals surface area (Å²) in [5.41, 5.74) is 4.05. The molecule has 0 spiro atoms. The van der Waals surface area contributed by atoms with Crippen LogP contribution >= 0.6 is 0 Å². The van der Waals surface area contributed by atoms with Gasteiger partial charge in [0.05, 0.1) is 0 Å². The first-order chi connectivity index (χ1) is 13.6. The minimum absolute atomic E-state index is 0.0710. The number of carbonyl (C=O) groups is 1. The highest BCUT2D eigenvalue weighted by Gasteiger charge is 2.20. The Morgan fingerprint density at radius 3 is 2.32 bits per heavy atom. The molecule has 0 aliphatic heterocycles. The van der Waals surface area contributed by atoms with Crippen molar-refractivity contribution in [2.45, 2.75) is 19.1 Å². The Bertz CT molecular complexity index is 866. The van der Waals surface area contributed by atoms with Crippen molar-refractivity contribution in [1.82, 2.24) is 20.6 Å². The monoisotopic (exact) mass is 375 g/mol. The SMILES string of the molecule is CN(C)c1ccc(C(NCc2cccnc2)C(=O)NCc2ccncc2)cc1. The lowest BCUT2D eigenvalue weighted by atomic mass is 10.0. The van der Waals surface area contributed by atoms with Crippen LogP contribution in [0.25, 0.3) is 0 Å². The molecule has 144 valence electrons. The van der Waals surface area contributed by atoms with Crippen LogP contribution in [-0.4, -0.2) is 30.0 Å². The van der Waals surface area contributed by atoms with Crippen molar-refractivity contribution in [3.05, 3.63) is 90.0 Å². The molecule has 1 aromatic carbocycles. The first kappa shape index (κ1) is 19.5. The van der Waals surface area contributed by atoms with Gasteiger partial charge in [0.2, 0.25) is 5.91 Å². The third-order valence-corrected chi connectivity index (χ3v) is 4.45. The van der Waals surface area contributed by atoms with Crippen LogP contribution in [0, 0.1) is 0 Å². The van der Waals surface area contributed by atoms with Crippen molar-refractivity contribution in [2.24, 2.45) is 0 Å². The van der Waals surface area contributed by atoms with Gasteiger partial charge in [-0.3, -0.25) is 20.1 Å². The number of hydrogen-bond acceptors (Lipinski definition) is 5. The summed E-state index contributed by atoms with van der Waals surface area (Å²) in [7, 11) is 3.99. The van der Waals surface area contributed by atoms with E-state index in [4.69, 9.17) is 0 Å². The Morgan fingerprint density at radius 1 is 0.929 bits per heavy atom. The molecule has 3 aromatic rings. The van der Waals surface area contributed by atoms with Crippen molar-refractivity contribution in [2.75, 3.05) is 19.0 Å². The van der Waals surface area contributed by atoms with E-state index in [0.29, 0.717) is 13.1 Å². The summed E-state index contributed by atoms with van der Waals surface area (Å²) in [6, 6.07) is 15.2. The number of nitrogens with zero attached hydrogens (tertiary/aromatic N) is 3. The van der Waals surface area contributed by atoms with Crippen molar-refractivity contribution in [3.8, 4) is 0 Å². The highest BCUT2D eigenvalue weighted by Crippen LogP contribution is 2.19. The number of carbonyl (C=O) groups excluding carboxylic acids is 1. The number of rotatable bonds is 8. The normalized spacial score (nSPS) is 11.6. The summed E-state index contributed by atoms with van der Waals surface area (Å²) >= 11 is 0. The number of anilines is 1. The second-order valence-electron chi connectivity index (χ2n) is 6.73. The third kappa shape index (κ3) is 5.37. The number of aromatic nitrogens is 2. The predicted octanol–water partition coefficient (Wildman–Crippen LogP) is 2.69. The molecule has 0 saturated heterocycles. The maximum Gasteiger partial charge on any atom is 0.242 e. The summed E-state index contributed by atoms with van der Waals surface area (Å²) in [6.07, 6.45) is 6.98. The molecule has 6 heteroatoms. The van der Waals surface area contributed by atoms with Crippen molar-refractivity contribution >= 4 is 11.6 Å². The van der Waals surface area contributed by atoms with Gasteiger partial charge in [0.1, 0.15) is 6.04 Å². The van der Waals surface area contributed by atoms with E-state index in [9.17, 15) is 4.79 Å². The zero-order chi connectivity index (χ0) is 19.8. The van der Waals surface area contributed by atoms with Gasteiger partial charge < -0.3 is 10.2 Å². The molecule has 0 saturated carbocycles. The predicted molar refractivity (Wildman–Crippen MR) is 111 cm³/mol. The fourth-order valence-corrected chi connectivity index (χ4v) is 2.84. The Kier molecular flexibility index (Phi) is 6.70. The van der Waals surface area contributed by atoms with E-state index in [1.807, 2.05) is 67.5 Å². The third-order valence-electron chi connectivity index (χ3n) is 4.45. The van der Waals surface area contributed by atoms with Gasteiger partial charge in [-0.2, -0.15) is 0 Å². The van der Waals surface area contributed by atoms with Crippen LogP contribution in [0.5, 0.6) is 0 Å². The van der Waals surface area contributed by atoms with E-state index in [1.165, 1.54) is 0 Å². The molecule has 0 radical (unpaired) electrons. The van der Waals surface area contributed by atoms with Crippen LogP contribution < -0.4 is 15.5 Å². The number of pyridine rings is 2. The molecule has 0 aliphatic rings. The van der Waals surface area contributed by atoms with Gasteiger partial charge in [-0.15, -0.1) is 0 Å². The van der Waals surface area contributed by atoms with E-state index >= 15 is 0 Å². The summed E-state index contributed by atoms with van der Waals surface area (Å²) in [5, 5.41) is 6.37. The first-order valence-corrected chi connectivity index (χ1v) is 9.19. The average Bonchev–Trinajstić information content (AvgIpc) is 2.74. The fourth-order valence-electron chi connectivity index (χ4n) is 2.84. The number of benzene rings is 1. The smallest absolute Gasteiger partial charge is 0.242 e. The Labute approximate surface area is 165 Å². The maximum absolute atomic E-state index is 12.9. The summed E-state index contributed by atoms with van der Waals surface area (Å²) < 4.78 is 0. The zero-order valence-corrected chi connectivity index (χ0v) is 16.2. The number of amides is 1. The quantitative estimate of drug-likeness (QED) is 0.633. The molecule has 0 fully saturated rings. The molecule has 28 heavy (non-hydrogen) atoms. The van der Waals surface area contributed by atoms with Gasteiger partial charge in [0.15, 0.2) is 0 Å². The molecular formula is C22H25N5O. The van der Waals surface area contributed by atoms with Crippen LogP contribution in [0.2, 0.25) is 0 Å². The van der Waals surface area contributed by atoms with Crippen molar-refractivity contribution in [3.63, 3.8) is 0 Å². The van der Waals surface area contributed by atoms with E-state index in [-0.39, 0.29) is 5.91 Å². The minimum atomic E-state index is -0.460. The van der Waals surface area contributed by atoms with E-state index in [0.717, 1.165) is 22.4 Å². The second kappa shape index (κ2) is 9.62. The standard InChI is InChI=1S/C22H25N5O/c1-27(2)20-7-5-19(6-8-20)21(25-16-18-4-3-11-24-14-18)22(28)26-15-17-9-12-23-13-10-17/h3-14,21,25H,15-16H2,1-2H3,(H,26,28). The average molecular weight is 375 g/mol. The second-order valence-corrected chi connectivity index (χ2v) is 6.73. The molecule has 3 rings (SSSR count). The van der Waals surface area contributed by atoms with Gasteiger partial charge in [-0.25, -0.2) is 0 Å². The lowest BCUT2D eigenvalue weighted by Crippen LogP contribution is -2.37. The molecule has 2 N–H and O–H groups in total. The molecular weight excluding hydrogens is 350 g/mol. The van der Waals surface area contributed by atoms with E-state index < -0.39 is 6.04 Å². The van der Waals surface area contributed by atoms with Crippen LogP contribution in [0.4, 0.5) is 5.69 Å². The van der Waals surface area contributed by atoms with Crippen LogP contribution in [0.3, 0.4) is 0 Å². The molecule has 0 aliphatic carbocycles. The van der Waals surface area contributed by atoms with Crippen LogP contribution in [0.15, 0.2) is 73.3 Å². The molecule has 1 amide bonds. The minimum Gasteiger partial charge on any atom is -0.378 e. The summed E-state index contributed by atoms with van der Waals surface area (Å²) in [4.78, 5) is 23.1. The molecule has 2 heterocycles. The Balaban J connectivity index is 1.73. The Hall–Kier alpha value is -3.25.